The van der Waals surface area contributed by atoms with Crippen LogP contribution in [0.1, 0.15) is 17.5 Å². The number of ether oxygens (including phenoxy) is 1. The van der Waals surface area contributed by atoms with Crippen LogP contribution in [0.3, 0.4) is 0 Å². The second-order valence-corrected chi connectivity index (χ2v) is 4.22. The predicted octanol–water partition coefficient (Wildman–Crippen LogP) is 1.56. The molecule has 1 aromatic rings. The van der Waals surface area contributed by atoms with Gasteiger partial charge in [0.25, 0.3) is 0 Å². The Bertz CT molecular complexity index is 410. The van der Waals surface area contributed by atoms with E-state index in [0.29, 0.717) is 17.1 Å². The van der Waals surface area contributed by atoms with Crippen molar-refractivity contribution in [1.82, 2.24) is 5.32 Å². The molecule has 0 aliphatic carbocycles. The molecule has 0 heterocycles. The van der Waals surface area contributed by atoms with Crippen molar-refractivity contribution in [2.24, 2.45) is 10.9 Å². The molecule has 0 unspecified atom stereocenters. The first-order valence-corrected chi connectivity index (χ1v) is 6.02. The van der Waals surface area contributed by atoms with Gasteiger partial charge in [-0.25, -0.2) is 0 Å². The van der Waals surface area contributed by atoms with E-state index in [4.69, 9.17) is 27.3 Å². The van der Waals surface area contributed by atoms with E-state index >= 15 is 0 Å². The second kappa shape index (κ2) is 7.92. The molecule has 0 aliphatic rings. The number of methoxy groups -OCH3 is 1. The quantitative estimate of drug-likeness (QED) is 0.231. The Morgan fingerprint density at radius 1 is 1.56 bits per heavy atom. The summed E-state index contributed by atoms with van der Waals surface area (Å²) in [5.74, 6) is 0.0523. The molecule has 0 radical (unpaired) electrons. The van der Waals surface area contributed by atoms with E-state index in [1.165, 1.54) is 0 Å². The SMILES string of the molecule is COCCCNCc1ccc(/C(N)=N/O)cc1Cl. The van der Waals surface area contributed by atoms with Crippen LogP contribution in [0.5, 0.6) is 0 Å². The molecule has 4 N–H and O–H groups in total. The second-order valence-electron chi connectivity index (χ2n) is 3.81. The number of nitrogens with two attached hydrogens (primary N) is 1. The van der Waals surface area contributed by atoms with Crippen LogP contribution in [0.4, 0.5) is 0 Å². The van der Waals surface area contributed by atoms with Gasteiger partial charge in [0.05, 0.1) is 0 Å². The average Bonchev–Trinajstić information content (AvgIpc) is 2.39. The molecule has 18 heavy (non-hydrogen) atoms. The van der Waals surface area contributed by atoms with Gasteiger partial charge in [-0.05, 0) is 24.6 Å². The number of benzene rings is 1. The Morgan fingerprint density at radius 2 is 2.33 bits per heavy atom. The van der Waals surface area contributed by atoms with Crippen molar-refractivity contribution in [2.45, 2.75) is 13.0 Å². The highest BCUT2D eigenvalue weighted by molar-refractivity contribution is 6.31. The number of amidine groups is 1. The molecule has 0 atom stereocenters. The molecular weight excluding hydrogens is 254 g/mol. The minimum absolute atomic E-state index is 0.0523. The van der Waals surface area contributed by atoms with Gasteiger partial charge < -0.3 is 21.0 Å². The summed E-state index contributed by atoms with van der Waals surface area (Å²) < 4.78 is 4.96. The van der Waals surface area contributed by atoms with E-state index in [0.717, 1.165) is 25.1 Å². The van der Waals surface area contributed by atoms with Crippen molar-refractivity contribution in [2.75, 3.05) is 20.3 Å². The van der Waals surface area contributed by atoms with Gasteiger partial charge in [-0.2, -0.15) is 0 Å². The van der Waals surface area contributed by atoms with Crippen molar-refractivity contribution in [3.8, 4) is 0 Å². The molecule has 1 aromatic carbocycles. The van der Waals surface area contributed by atoms with E-state index in [1.807, 2.05) is 6.07 Å². The minimum Gasteiger partial charge on any atom is -0.409 e. The minimum atomic E-state index is 0.0523. The molecule has 0 aliphatic heterocycles. The molecule has 6 heteroatoms. The summed E-state index contributed by atoms with van der Waals surface area (Å²) in [6.45, 7) is 2.29. The zero-order chi connectivity index (χ0) is 13.4. The zero-order valence-electron chi connectivity index (χ0n) is 10.3. The molecule has 0 spiro atoms. The lowest BCUT2D eigenvalue weighted by atomic mass is 10.1. The molecule has 0 saturated carbocycles. The van der Waals surface area contributed by atoms with E-state index in [9.17, 15) is 0 Å². The van der Waals surface area contributed by atoms with E-state index in [-0.39, 0.29) is 5.84 Å². The van der Waals surface area contributed by atoms with Gasteiger partial charge in [-0.1, -0.05) is 28.9 Å². The summed E-state index contributed by atoms with van der Waals surface area (Å²) in [5.41, 5.74) is 7.06. The Balaban J connectivity index is 2.52. The lowest BCUT2D eigenvalue weighted by molar-refractivity contribution is 0.194. The smallest absolute Gasteiger partial charge is 0.170 e. The normalized spacial score (nSPS) is 11.8. The maximum absolute atomic E-state index is 8.57. The Labute approximate surface area is 112 Å². The number of oxime groups is 1. The lowest BCUT2D eigenvalue weighted by Gasteiger charge is -2.08. The van der Waals surface area contributed by atoms with Crippen molar-refractivity contribution in [3.05, 3.63) is 34.3 Å². The molecule has 1 rings (SSSR count). The van der Waals surface area contributed by atoms with E-state index in [2.05, 4.69) is 10.5 Å². The average molecular weight is 272 g/mol. The molecule has 100 valence electrons. The summed E-state index contributed by atoms with van der Waals surface area (Å²) in [7, 11) is 1.68. The third kappa shape index (κ3) is 4.52. The highest BCUT2D eigenvalue weighted by Gasteiger charge is 2.04. The summed E-state index contributed by atoms with van der Waals surface area (Å²) in [6.07, 6.45) is 0.955. The monoisotopic (exact) mass is 271 g/mol. The van der Waals surface area contributed by atoms with E-state index < -0.39 is 0 Å². The number of hydrogen-bond donors (Lipinski definition) is 3. The van der Waals surface area contributed by atoms with Crippen LogP contribution in [0.15, 0.2) is 23.4 Å². The third-order valence-corrected chi connectivity index (χ3v) is 2.83. The van der Waals surface area contributed by atoms with Crippen molar-refractivity contribution in [1.29, 1.82) is 0 Å². The van der Waals surface area contributed by atoms with Gasteiger partial charge in [-0.15, -0.1) is 0 Å². The first-order chi connectivity index (χ1) is 8.69. The fraction of sp³-hybridized carbons (Fsp3) is 0.417. The lowest BCUT2D eigenvalue weighted by Crippen LogP contribution is -2.17. The largest absolute Gasteiger partial charge is 0.409 e. The van der Waals surface area contributed by atoms with Gasteiger partial charge in [0, 0.05) is 30.8 Å². The zero-order valence-corrected chi connectivity index (χ0v) is 11.1. The number of halogens is 1. The van der Waals surface area contributed by atoms with Crippen molar-refractivity contribution >= 4 is 17.4 Å². The fourth-order valence-corrected chi connectivity index (χ4v) is 1.72. The Morgan fingerprint density at radius 3 is 2.94 bits per heavy atom. The first kappa shape index (κ1) is 14.8. The van der Waals surface area contributed by atoms with Crippen LogP contribution < -0.4 is 11.1 Å². The van der Waals surface area contributed by atoms with Gasteiger partial charge >= 0.3 is 0 Å². The van der Waals surface area contributed by atoms with Crippen LogP contribution in [-0.4, -0.2) is 31.3 Å². The van der Waals surface area contributed by atoms with Crippen LogP contribution >= 0.6 is 11.6 Å². The molecule has 0 aromatic heterocycles. The van der Waals surface area contributed by atoms with Crippen LogP contribution in [-0.2, 0) is 11.3 Å². The molecule has 0 bridgehead atoms. The molecule has 0 saturated heterocycles. The molecule has 0 fully saturated rings. The van der Waals surface area contributed by atoms with Crippen molar-refractivity contribution < 1.29 is 9.94 Å². The topological polar surface area (TPSA) is 79.9 Å². The fourth-order valence-electron chi connectivity index (χ4n) is 1.47. The van der Waals surface area contributed by atoms with Crippen LogP contribution in [0.2, 0.25) is 5.02 Å². The van der Waals surface area contributed by atoms with Gasteiger partial charge in [-0.3, -0.25) is 0 Å². The Kier molecular flexibility index (Phi) is 6.49. The molecule has 0 amide bonds. The number of hydrogen-bond acceptors (Lipinski definition) is 4. The van der Waals surface area contributed by atoms with E-state index in [1.54, 1.807) is 19.2 Å². The van der Waals surface area contributed by atoms with Crippen LogP contribution in [0.25, 0.3) is 0 Å². The number of nitrogens with zero attached hydrogens (tertiary/aromatic N) is 1. The maximum Gasteiger partial charge on any atom is 0.170 e. The summed E-state index contributed by atoms with van der Waals surface area (Å²) >= 11 is 6.11. The summed E-state index contributed by atoms with van der Waals surface area (Å²) in [6, 6.07) is 5.31. The maximum atomic E-state index is 8.57. The predicted molar refractivity (Wildman–Crippen MR) is 72.2 cm³/mol. The van der Waals surface area contributed by atoms with Gasteiger partial charge in [0.2, 0.25) is 0 Å². The number of nitrogens with one attached hydrogen (secondary N) is 1. The molecule has 5 nitrogen and oxygen atoms in total. The standard InChI is InChI=1S/C12H18ClN3O2/c1-18-6-2-5-15-8-10-4-3-9(7-11(10)13)12(14)16-17/h3-4,7,15,17H,2,5-6,8H2,1H3,(H2,14,16). The molecular formula is C12H18ClN3O2. The summed E-state index contributed by atoms with van der Waals surface area (Å²) in [5, 5.41) is 15.4. The first-order valence-electron chi connectivity index (χ1n) is 5.65. The third-order valence-electron chi connectivity index (χ3n) is 2.47. The van der Waals surface area contributed by atoms with Crippen LogP contribution in [0, 0.1) is 0 Å². The van der Waals surface area contributed by atoms with Gasteiger partial charge in [0.1, 0.15) is 0 Å². The highest BCUT2D eigenvalue weighted by Crippen LogP contribution is 2.17. The summed E-state index contributed by atoms with van der Waals surface area (Å²) in [4.78, 5) is 0. The van der Waals surface area contributed by atoms with Crippen molar-refractivity contribution in [3.63, 3.8) is 0 Å². The highest BCUT2D eigenvalue weighted by atomic mass is 35.5. The number of rotatable bonds is 7. The van der Waals surface area contributed by atoms with Gasteiger partial charge in [0.15, 0.2) is 5.84 Å². The Hall–Kier alpha value is -1.30.